The Morgan fingerprint density at radius 1 is 1.33 bits per heavy atom. The third-order valence-electron chi connectivity index (χ3n) is 5.71. The minimum atomic E-state index is 0.231. The molecule has 2 saturated carbocycles. The highest BCUT2D eigenvalue weighted by molar-refractivity contribution is 8.00. The molecule has 0 amide bonds. The van der Waals surface area contributed by atoms with Crippen molar-refractivity contribution in [2.45, 2.75) is 70.2 Å². The molecule has 1 heterocycles. The quantitative estimate of drug-likeness (QED) is 0.477. The second-order valence-electron chi connectivity index (χ2n) is 6.94. The molecule has 3 N–H and O–H groups in total. The zero-order chi connectivity index (χ0) is 14.9. The average molecular weight is 308 g/mol. The van der Waals surface area contributed by atoms with Gasteiger partial charge in [-0.05, 0) is 56.9 Å². The minimum absolute atomic E-state index is 0.231. The van der Waals surface area contributed by atoms with Crippen molar-refractivity contribution in [1.82, 2.24) is 5.32 Å². The van der Waals surface area contributed by atoms with Crippen molar-refractivity contribution in [3.8, 4) is 0 Å². The summed E-state index contributed by atoms with van der Waals surface area (Å²) in [5.74, 6) is 1.92. The van der Waals surface area contributed by atoms with E-state index >= 15 is 0 Å². The van der Waals surface area contributed by atoms with E-state index in [1.807, 2.05) is 11.8 Å². The predicted molar refractivity (Wildman–Crippen MR) is 92.8 cm³/mol. The first-order valence-corrected chi connectivity index (χ1v) is 9.55. The van der Waals surface area contributed by atoms with Gasteiger partial charge in [0.05, 0.1) is 6.04 Å². The number of aliphatic imine (C=N–C) groups is 1. The van der Waals surface area contributed by atoms with Crippen LogP contribution in [0.2, 0.25) is 0 Å². The summed E-state index contributed by atoms with van der Waals surface area (Å²) in [5, 5.41) is 3.64. The highest BCUT2D eigenvalue weighted by Crippen LogP contribution is 2.55. The SMILES string of the molecule is C/C(=C1/CCCC12CCCC2)[C@@H](C)N=C(N)C1NCCS1. The maximum absolute atomic E-state index is 6.21. The fourth-order valence-corrected chi connectivity index (χ4v) is 5.43. The molecule has 3 rings (SSSR count). The minimum Gasteiger partial charge on any atom is -0.385 e. The highest BCUT2D eigenvalue weighted by atomic mass is 32.2. The van der Waals surface area contributed by atoms with E-state index < -0.39 is 0 Å². The van der Waals surface area contributed by atoms with Crippen LogP contribution in [0.1, 0.15) is 58.8 Å². The molecule has 0 aromatic heterocycles. The predicted octanol–water partition coefficient (Wildman–Crippen LogP) is 3.46. The van der Waals surface area contributed by atoms with Crippen LogP contribution in [0.5, 0.6) is 0 Å². The van der Waals surface area contributed by atoms with Crippen LogP contribution in [0, 0.1) is 5.41 Å². The van der Waals surface area contributed by atoms with Crippen LogP contribution in [0.15, 0.2) is 16.1 Å². The van der Waals surface area contributed by atoms with Crippen LogP contribution in [-0.2, 0) is 0 Å². The topological polar surface area (TPSA) is 50.4 Å². The zero-order valence-electron chi connectivity index (χ0n) is 13.5. The number of nitrogens with two attached hydrogens (primary N) is 1. The lowest BCUT2D eigenvalue weighted by atomic mass is 9.78. The van der Waals surface area contributed by atoms with Gasteiger partial charge in [-0.25, -0.2) is 0 Å². The van der Waals surface area contributed by atoms with Gasteiger partial charge in [0.15, 0.2) is 0 Å². The van der Waals surface area contributed by atoms with Crippen molar-refractivity contribution in [2.24, 2.45) is 16.1 Å². The number of allylic oxidation sites excluding steroid dienone is 1. The Morgan fingerprint density at radius 2 is 2.05 bits per heavy atom. The van der Waals surface area contributed by atoms with Crippen LogP contribution < -0.4 is 11.1 Å². The first-order valence-electron chi connectivity index (χ1n) is 8.51. The normalized spacial score (nSPS) is 32.9. The number of rotatable bonds is 3. The van der Waals surface area contributed by atoms with Crippen molar-refractivity contribution in [1.29, 1.82) is 0 Å². The van der Waals surface area contributed by atoms with Crippen LogP contribution in [0.4, 0.5) is 0 Å². The van der Waals surface area contributed by atoms with E-state index in [1.54, 1.807) is 5.57 Å². The van der Waals surface area contributed by atoms with E-state index in [1.165, 1.54) is 50.5 Å². The van der Waals surface area contributed by atoms with Crippen molar-refractivity contribution in [2.75, 3.05) is 12.3 Å². The van der Waals surface area contributed by atoms with Gasteiger partial charge in [0.2, 0.25) is 0 Å². The molecule has 3 fully saturated rings. The summed E-state index contributed by atoms with van der Waals surface area (Å²) in [6.07, 6.45) is 9.72. The van der Waals surface area contributed by atoms with Gasteiger partial charge in [-0.15, -0.1) is 11.8 Å². The fourth-order valence-electron chi connectivity index (χ4n) is 4.49. The maximum Gasteiger partial charge on any atom is 0.122 e. The van der Waals surface area contributed by atoms with Gasteiger partial charge >= 0.3 is 0 Å². The van der Waals surface area contributed by atoms with Gasteiger partial charge in [0.25, 0.3) is 0 Å². The zero-order valence-corrected chi connectivity index (χ0v) is 14.3. The van der Waals surface area contributed by atoms with Gasteiger partial charge in [0, 0.05) is 12.3 Å². The molecule has 3 aliphatic rings. The Hall–Kier alpha value is -0.480. The number of nitrogens with zero attached hydrogens (tertiary/aromatic N) is 1. The molecule has 2 aliphatic carbocycles. The molecule has 2 atom stereocenters. The molecule has 0 aromatic carbocycles. The molecular weight excluding hydrogens is 278 g/mol. The molecule has 1 saturated heterocycles. The number of amidine groups is 1. The van der Waals surface area contributed by atoms with Crippen LogP contribution in [0.3, 0.4) is 0 Å². The molecule has 3 nitrogen and oxygen atoms in total. The van der Waals surface area contributed by atoms with Gasteiger partial charge in [0.1, 0.15) is 11.2 Å². The van der Waals surface area contributed by atoms with Crippen molar-refractivity contribution >= 4 is 17.6 Å². The lowest BCUT2D eigenvalue weighted by molar-refractivity contribution is 0.375. The molecule has 1 aliphatic heterocycles. The van der Waals surface area contributed by atoms with Gasteiger partial charge in [-0.3, -0.25) is 10.3 Å². The van der Waals surface area contributed by atoms with E-state index in [0.717, 1.165) is 18.1 Å². The number of thioether (sulfide) groups is 1. The molecule has 0 radical (unpaired) electrons. The molecule has 118 valence electrons. The second kappa shape index (κ2) is 6.33. The van der Waals surface area contributed by atoms with E-state index in [-0.39, 0.29) is 11.4 Å². The summed E-state index contributed by atoms with van der Waals surface area (Å²) in [6.45, 7) is 5.57. The number of hydrogen-bond acceptors (Lipinski definition) is 3. The third-order valence-corrected chi connectivity index (χ3v) is 6.89. The summed E-state index contributed by atoms with van der Waals surface area (Å²) < 4.78 is 0. The Labute approximate surface area is 133 Å². The average Bonchev–Trinajstić information content (AvgIpc) is 3.20. The number of nitrogens with one attached hydrogen (secondary N) is 1. The lowest BCUT2D eigenvalue weighted by Crippen LogP contribution is -2.36. The Balaban J connectivity index is 1.78. The summed E-state index contributed by atoms with van der Waals surface area (Å²) >= 11 is 1.87. The largest absolute Gasteiger partial charge is 0.385 e. The first kappa shape index (κ1) is 15.4. The monoisotopic (exact) mass is 307 g/mol. The molecule has 4 heteroatoms. The summed E-state index contributed by atoms with van der Waals surface area (Å²) in [6, 6.07) is 0.235. The second-order valence-corrected chi connectivity index (χ2v) is 8.15. The molecule has 0 bridgehead atoms. The Bertz CT molecular complexity index is 437. The van der Waals surface area contributed by atoms with Gasteiger partial charge in [-0.2, -0.15) is 0 Å². The van der Waals surface area contributed by atoms with Gasteiger partial charge in [-0.1, -0.05) is 18.4 Å². The van der Waals surface area contributed by atoms with Gasteiger partial charge < -0.3 is 5.73 Å². The molecule has 1 spiro atoms. The first-order chi connectivity index (χ1) is 10.1. The van der Waals surface area contributed by atoms with Crippen molar-refractivity contribution in [3.05, 3.63) is 11.1 Å². The maximum atomic E-state index is 6.21. The fraction of sp³-hybridized carbons (Fsp3) is 0.824. The smallest absolute Gasteiger partial charge is 0.122 e. The number of hydrogen-bond donors (Lipinski definition) is 2. The summed E-state index contributed by atoms with van der Waals surface area (Å²) in [7, 11) is 0. The molecule has 0 aromatic rings. The van der Waals surface area contributed by atoms with Crippen LogP contribution >= 0.6 is 11.8 Å². The molecular formula is C17H29N3S. The standard InChI is InChI=1S/C17H29N3S/c1-12(13(2)20-15(18)16-19-10-11-21-16)14-6-5-9-17(14)7-3-4-8-17/h13,16,19H,3-11H2,1-2H3,(H2,18,20)/b14-12+/t13-,16?/m1/s1. The highest BCUT2D eigenvalue weighted by Gasteiger charge is 2.41. The van der Waals surface area contributed by atoms with E-state index in [9.17, 15) is 0 Å². The third kappa shape index (κ3) is 3.02. The summed E-state index contributed by atoms with van der Waals surface area (Å²) in [5.41, 5.74) is 9.98. The Kier molecular flexibility index (Phi) is 4.65. The van der Waals surface area contributed by atoms with Crippen molar-refractivity contribution in [3.63, 3.8) is 0 Å². The van der Waals surface area contributed by atoms with Crippen LogP contribution in [-0.4, -0.2) is 29.5 Å². The van der Waals surface area contributed by atoms with Crippen molar-refractivity contribution < 1.29 is 0 Å². The summed E-state index contributed by atoms with van der Waals surface area (Å²) in [4.78, 5) is 4.81. The molecule has 21 heavy (non-hydrogen) atoms. The lowest BCUT2D eigenvalue weighted by Gasteiger charge is -2.28. The van der Waals surface area contributed by atoms with E-state index in [4.69, 9.17) is 10.7 Å². The van der Waals surface area contributed by atoms with Crippen LogP contribution in [0.25, 0.3) is 0 Å². The molecule has 1 unspecified atom stereocenters. The Morgan fingerprint density at radius 3 is 2.71 bits per heavy atom. The van der Waals surface area contributed by atoms with E-state index in [0.29, 0.717) is 5.41 Å². The van der Waals surface area contributed by atoms with E-state index in [2.05, 4.69) is 19.2 Å².